The van der Waals surface area contributed by atoms with Gasteiger partial charge in [-0.25, -0.2) is 4.98 Å². The lowest BCUT2D eigenvalue weighted by atomic mass is 10.1. The maximum absolute atomic E-state index is 4.68. The van der Waals surface area contributed by atoms with E-state index in [2.05, 4.69) is 53.0 Å². The zero-order valence-corrected chi connectivity index (χ0v) is 11.7. The Hall–Kier alpha value is -1.61. The average Bonchev–Trinajstić information content (AvgIpc) is 2.72. The number of rotatable bonds is 3. The predicted octanol–water partition coefficient (Wildman–Crippen LogP) is 2.39. The monoisotopic (exact) mass is 255 g/mol. The standard InChI is InChI=1S/C16H21N3/c1-12-4-3-5-14(10-12)7-9-19-13(2)18-15-11-17-8-6-16(15)19/h3-5,10,17H,6-9,11H2,1-2H3. The molecule has 0 saturated carbocycles. The van der Waals surface area contributed by atoms with Gasteiger partial charge >= 0.3 is 0 Å². The van der Waals surface area contributed by atoms with Gasteiger partial charge in [-0.3, -0.25) is 0 Å². The molecule has 2 aromatic rings. The van der Waals surface area contributed by atoms with Crippen molar-refractivity contribution < 1.29 is 0 Å². The van der Waals surface area contributed by atoms with Gasteiger partial charge in [0.1, 0.15) is 5.82 Å². The molecule has 0 radical (unpaired) electrons. The molecule has 0 unspecified atom stereocenters. The Labute approximate surface area is 114 Å². The van der Waals surface area contributed by atoms with E-state index in [0.717, 1.165) is 38.3 Å². The van der Waals surface area contributed by atoms with Crippen LogP contribution in [0, 0.1) is 13.8 Å². The Bertz CT molecular complexity index is 584. The maximum Gasteiger partial charge on any atom is 0.106 e. The van der Waals surface area contributed by atoms with E-state index in [1.165, 1.54) is 22.5 Å². The topological polar surface area (TPSA) is 29.9 Å². The molecule has 0 aliphatic carbocycles. The summed E-state index contributed by atoms with van der Waals surface area (Å²) < 4.78 is 2.40. The van der Waals surface area contributed by atoms with Crippen molar-refractivity contribution >= 4 is 0 Å². The molecule has 1 aliphatic rings. The molecule has 3 rings (SSSR count). The molecule has 1 aromatic heterocycles. The molecule has 0 bridgehead atoms. The third-order valence-electron chi connectivity index (χ3n) is 3.88. The average molecular weight is 255 g/mol. The first-order chi connectivity index (χ1) is 9.24. The van der Waals surface area contributed by atoms with Gasteiger partial charge in [0, 0.05) is 31.7 Å². The van der Waals surface area contributed by atoms with Crippen LogP contribution in [0.15, 0.2) is 24.3 Å². The summed E-state index contributed by atoms with van der Waals surface area (Å²) in [6.45, 7) is 7.31. The van der Waals surface area contributed by atoms with Gasteiger partial charge in [0.05, 0.1) is 5.69 Å². The van der Waals surface area contributed by atoms with E-state index in [-0.39, 0.29) is 0 Å². The van der Waals surface area contributed by atoms with Crippen molar-refractivity contribution in [3.05, 3.63) is 52.6 Å². The number of aryl methyl sites for hydroxylation is 3. The summed E-state index contributed by atoms with van der Waals surface area (Å²) in [6, 6.07) is 8.79. The van der Waals surface area contributed by atoms with E-state index in [4.69, 9.17) is 0 Å². The quantitative estimate of drug-likeness (QED) is 0.912. The maximum atomic E-state index is 4.68. The Morgan fingerprint density at radius 3 is 3.05 bits per heavy atom. The van der Waals surface area contributed by atoms with Crippen LogP contribution >= 0.6 is 0 Å². The SMILES string of the molecule is Cc1cccc(CCn2c(C)nc3c2CCNC3)c1. The fraction of sp³-hybridized carbons (Fsp3) is 0.438. The van der Waals surface area contributed by atoms with Gasteiger partial charge in [-0.2, -0.15) is 0 Å². The number of hydrogen-bond donors (Lipinski definition) is 1. The number of nitrogens with one attached hydrogen (secondary N) is 1. The minimum atomic E-state index is 0.924. The molecular formula is C16H21N3. The summed E-state index contributed by atoms with van der Waals surface area (Å²) in [5.41, 5.74) is 5.43. The zero-order valence-electron chi connectivity index (χ0n) is 11.7. The molecule has 1 N–H and O–H groups in total. The highest BCUT2D eigenvalue weighted by atomic mass is 15.1. The molecule has 19 heavy (non-hydrogen) atoms. The summed E-state index contributed by atoms with van der Waals surface area (Å²) in [5.74, 6) is 1.15. The van der Waals surface area contributed by atoms with Gasteiger partial charge in [0.15, 0.2) is 0 Å². The van der Waals surface area contributed by atoms with Gasteiger partial charge in [-0.1, -0.05) is 29.8 Å². The highest BCUT2D eigenvalue weighted by molar-refractivity contribution is 5.23. The molecule has 3 nitrogen and oxygen atoms in total. The van der Waals surface area contributed by atoms with Crippen molar-refractivity contribution in [3.8, 4) is 0 Å². The van der Waals surface area contributed by atoms with Crippen molar-refractivity contribution in [2.75, 3.05) is 6.54 Å². The lowest BCUT2D eigenvalue weighted by Crippen LogP contribution is -2.25. The van der Waals surface area contributed by atoms with E-state index in [0.29, 0.717) is 0 Å². The summed E-state index contributed by atoms with van der Waals surface area (Å²) in [6.07, 6.45) is 2.18. The van der Waals surface area contributed by atoms with Gasteiger partial charge < -0.3 is 9.88 Å². The smallest absolute Gasteiger partial charge is 0.106 e. The van der Waals surface area contributed by atoms with E-state index in [9.17, 15) is 0 Å². The molecule has 0 atom stereocenters. The summed E-state index contributed by atoms with van der Waals surface area (Å²) >= 11 is 0. The first-order valence-corrected chi connectivity index (χ1v) is 7.05. The van der Waals surface area contributed by atoms with Crippen LogP contribution in [0.1, 0.15) is 28.3 Å². The fourth-order valence-electron chi connectivity index (χ4n) is 2.91. The summed E-state index contributed by atoms with van der Waals surface area (Å²) in [4.78, 5) is 4.68. The molecule has 1 aromatic carbocycles. The number of nitrogens with zero attached hydrogens (tertiary/aromatic N) is 2. The normalized spacial score (nSPS) is 14.4. The second kappa shape index (κ2) is 5.17. The second-order valence-corrected chi connectivity index (χ2v) is 5.37. The molecule has 1 aliphatic heterocycles. The molecule has 0 spiro atoms. The van der Waals surface area contributed by atoms with Gasteiger partial charge in [0.25, 0.3) is 0 Å². The number of benzene rings is 1. The number of aromatic nitrogens is 2. The van der Waals surface area contributed by atoms with Crippen LogP contribution in [-0.2, 0) is 25.9 Å². The molecule has 3 heteroatoms. The van der Waals surface area contributed by atoms with Crippen LogP contribution in [0.25, 0.3) is 0 Å². The van der Waals surface area contributed by atoms with Crippen molar-refractivity contribution in [3.63, 3.8) is 0 Å². The third kappa shape index (κ3) is 2.56. The predicted molar refractivity (Wildman–Crippen MR) is 77.3 cm³/mol. The van der Waals surface area contributed by atoms with Crippen molar-refractivity contribution in [1.29, 1.82) is 0 Å². The first kappa shape index (κ1) is 12.4. The van der Waals surface area contributed by atoms with Crippen LogP contribution in [0.5, 0.6) is 0 Å². The molecule has 0 amide bonds. The van der Waals surface area contributed by atoms with E-state index in [1.807, 2.05) is 0 Å². The second-order valence-electron chi connectivity index (χ2n) is 5.37. The van der Waals surface area contributed by atoms with E-state index in [1.54, 1.807) is 0 Å². The number of hydrogen-bond acceptors (Lipinski definition) is 2. The summed E-state index contributed by atoms with van der Waals surface area (Å²) in [7, 11) is 0. The van der Waals surface area contributed by atoms with E-state index < -0.39 is 0 Å². The lowest BCUT2D eigenvalue weighted by molar-refractivity contribution is 0.581. The van der Waals surface area contributed by atoms with Crippen molar-refractivity contribution in [2.24, 2.45) is 0 Å². The van der Waals surface area contributed by atoms with Crippen LogP contribution in [-0.4, -0.2) is 16.1 Å². The van der Waals surface area contributed by atoms with Gasteiger partial charge in [0.2, 0.25) is 0 Å². The molecular weight excluding hydrogens is 234 g/mol. The van der Waals surface area contributed by atoms with Gasteiger partial charge in [-0.15, -0.1) is 0 Å². The highest BCUT2D eigenvalue weighted by Crippen LogP contribution is 2.16. The van der Waals surface area contributed by atoms with Crippen LogP contribution in [0.3, 0.4) is 0 Å². The number of fused-ring (bicyclic) bond motifs is 1. The Balaban J connectivity index is 1.78. The van der Waals surface area contributed by atoms with Crippen molar-refractivity contribution in [1.82, 2.24) is 14.9 Å². The lowest BCUT2D eigenvalue weighted by Gasteiger charge is -2.16. The minimum Gasteiger partial charge on any atom is -0.332 e. The van der Waals surface area contributed by atoms with Crippen LogP contribution in [0.4, 0.5) is 0 Å². The van der Waals surface area contributed by atoms with Crippen LogP contribution in [0.2, 0.25) is 0 Å². The molecule has 0 saturated heterocycles. The Morgan fingerprint density at radius 2 is 2.21 bits per heavy atom. The third-order valence-corrected chi connectivity index (χ3v) is 3.88. The van der Waals surface area contributed by atoms with Crippen LogP contribution < -0.4 is 5.32 Å². The molecule has 0 fully saturated rings. The molecule has 100 valence electrons. The Morgan fingerprint density at radius 1 is 1.32 bits per heavy atom. The highest BCUT2D eigenvalue weighted by Gasteiger charge is 2.17. The largest absolute Gasteiger partial charge is 0.332 e. The van der Waals surface area contributed by atoms with Gasteiger partial charge in [-0.05, 0) is 25.8 Å². The van der Waals surface area contributed by atoms with Crippen molar-refractivity contribution in [2.45, 2.75) is 39.8 Å². The zero-order chi connectivity index (χ0) is 13.2. The first-order valence-electron chi connectivity index (χ1n) is 7.05. The molecule has 2 heterocycles. The minimum absolute atomic E-state index is 0.924. The number of imidazole rings is 1. The Kier molecular flexibility index (Phi) is 3.38. The van der Waals surface area contributed by atoms with E-state index >= 15 is 0 Å². The summed E-state index contributed by atoms with van der Waals surface area (Å²) in [5, 5.41) is 3.39. The fourth-order valence-corrected chi connectivity index (χ4v) is 2.91.